The fourth-order valence-electron chi connectivity index (χ4n) is 2.22. The van der Waals surface area contributed by atoms with E-state index in [1.807, 2.05) is 19.9 Å². The van der Waals surface area contributed by atoms with Crippen molar-refractivity contribution < 1.29 is 9.53 Å². The van der Waals surface area contributed by atoms with Gasteiger partial charge in [0.15, 0.2) is 0 Å². The summed E-state index contributed by atoms with van der Waals surface area (Å²) in [6.07, 6.45) is 0. The van der Waals surface area contributed by atoms with Gasteiger partial charge in [-0.1, -0.05) is 25.1 Å². The first kappa shape index (κ1) is 17.5. The van der Waals surface area contributed by atoms with Crippen molar-refractivity contribution in [1.29, 1.82) is 0 Å². The molecule has 0 aliphatic carbocycles. The van der Waals surface area contributed by atoms with E-state index in [2.05, 4.69) is 43.1 Å². The van der Waals surface area contributed by atoms with Gasteiger partial charge < -0.3 is 10.1 Å². The highest BCUT2D eigenvalue weighted by Gasteiger charge is 2.10. The lowest BCUT2D eigenvalue weighted by Gasteiger charge is -2.21. The number of rotatable bonds is 8. The van der Waals surface area contributed by atoms with Gasteiger partial charge in [-0.05, 0) is 45.4 Å². The maximum absolute atomic E-state index is 11.8. The molecule has 0 atom stereocenters. The number of carbonyl (C=O) groups is 1. The van der Waals surface area contributed by atoms with Crippen LogP contribution in [0.1, 0.15) is 31.9 Å². The molecule has 0 fully saturated rings. The summed E-state index contributed by atoms with van der Waals surface area (Å²) in [6, 6.07) is 6.32. The van der Waals surface area contributed by atoms with E-state index < -0.39 is 0 Å². The molecule has 0 unspecified atom stereocenters. The SMILES string of the molecule is CCN(CCOc1c(C)cccc1C)CC(=O)NC(C)C. The number of amides is 1. The number of nitrogens with one attached hydrogen (secondary N) is 1. The number of nitrogens with zero attached hydrogens (tertiary/aromatic N) is 1. The first-order valence-corrected chi connectivity index (χ1v) is 7.64. The van der Waals surface area contributed by atoms with Crippen LogP contribution in [0.25, 0.3) is 0 Å². The zero-order chi connectivity index (χ0) is 15.8. The Kier molecular flexibility index (Phi) is 7.23. The van der Waals surface area contributed by atoms with Crippen LogP contribution >= 0.6 is 0 Å². The van der Waals surface area contributed by atoms with Crippen molar-refractivity contribution >= 4 is 5.91 Å². The van der Waals surface area contributed by atoms with Gasteiger partial charge in [0.05, 0.1) is 6.54 Å². The minimum atomic E-state index is 0.0684. The molecule has 118 valence electrons. The zero-order valence-corrected chi connectivity index (χ0v) is 13.9. The molecule has 1 aromatic carbocycles. The third-order valence-electron chi connectivity index (χ3n) is 3.33. The predicted octanol–water partition coefficient (Wildman–Crippen LogP) is 2.53. The molecular weight excluding hydrogens is 264 g/mol. The van der Waals surface area contributed by atoms with Crippen LogP contribution in [0.2, 0.25) is 0 Å². The molecule has 0 radical (unpaired) electrons. The molecule has 0 spiro atoms. The van der Waals surface area contributed by atoms with Crippen molar-refractivity contribution in [3.05, 3.63) is 29.3 Å². The standard InChI is InChI=1S/C17H28N2O2/c1-6-19(12-16(20)18-13(2)3)10-11-21-17-14(4)8-7-9-15(17)5/h7-9,13H,6,10-12H2,1-5H3,(H,18,20). The lowest BCUT2D eigenvalue weighted by Crippen LogP contribution is -2.41. The summed E-state index contributed by atoms with van der Waals surface area (Å²) in [4.78, 5) is 13.9. The van der Waals surface area contributed by atoms with Gasteiger partial charge >= 0.3 is 0 Å². The second-order valence-electron chi connectivity index (χ2n) is 5.66. The molecule has 0 aliphatic rings. The second kappa shape index (κ2) is 8.67. The molecule has 0 saturated carbocycles. The molecule has 21 heavy (non-hydrogen) atoms. The summed E-state index contributed by atoms with van der Waals surface area (Å²) < 4.78 is 5.89. The van der Waals surface area contributed by atoms with Crippen LogP contribution < -0.4 is 10.1 Å². The van der Waals surface area contributed by atoms with Crippen molar-refractivity contribution in [3.8, 4) is 5.75 Å². The minimum Gasteiger partial charge on any atom is -0.492 e. The highest BCUT2D eigenvalue weighted by molar-refractivity contribution is 5.78. The van der Waals surface area contributed by atoms with E-state index >= 15 is 0 Å². The Morgan fingerprint density at radius 1 is 1.29 bits per heavy atom. The van der Waals surface area contributed by atoms with E-state index in [0.717, 1.165) is 30.0 Å². The first-order chi connectivity index (χ1) is 9.93. The summed E-state index contributed by atoms with van der Waals surface area (Å²) in [6.45, 7) is 12.7. The maximum Gasteiger partial charge on any atom is 0.234 e. The third kappa shape index (κ3) is 6.17. The Labute approximate surface area is 128 Å². The van der Waals surface area contributed by atoms with Crippen molar-refractivity contribution in [3.63, 3.8) is 0 Å². The molecule has 1 rings (SSSR count). The van der Waals surface area contributed by atoms with Gasteiger partial charge in [0.2, 0.25) is 5.91 Å². The molecule has 0 aromatic heterocycles. The quantitative estimate of drug-likeness (QED) is 0.800. The fourth-order valence-corrected chi connectivity index (χ4v) is 2.22. The molecule has 0 saturated heterocycles. The highest BCUT2D eigenvalue weighted by atomic mass is 16.5. The van der Waals surface area contributed by atoms with Crippen LogP contribution in [0.4, 0.5) is 0 Å². The molecule has 4 nitrogen and oxygen atoms in total. The van der Waals surface area contributed by atoms with E-state index in [1.165, 1.54) is 0 Å². The number of hydrogen-bond donors (Lipinski definition) is 1. The van der Waals surface area contributed by atoms with Gasteiger partial charge in [0.1, 0.15) is 12.4 Å². The summed E-state index contributed by atoms with van der Waals surface area (Å²) in [5.41, 5.74) is 2.30. The van der Waals surface area contributed by atoms with Crippen LogP contribution in [0.5, 0.6) is 5.75 Å². The van der Waals surface area contributed by atoms with Crippen LogP contribution in [0.15, 0.2) is 18.2 Å². The number of benzene rings is 1. The Bertz CT molecular complexity index is 438. The second-order valence-corrected chi connectivity index (χ2v) is 5.66. The van der Waals surface area contributed by atoms with Crippen molar-refractivity contribution in [2.75, 3.05) is 26.2 Å². The van der Waals surface area contributed by atoms with Crippen molar-refractivity contribution in [2.24, 2.45) is 0 Å². The Morgan fingerprint density at radius 2 is 1.90 bits per heavy atom. The number of hydrogen-bond acceptors (Lipinski definition) is 3. The van der Waals surface area contributed by atoms with Gasteiger partial charge in [-0.3, -0.25) is 9.69 Å². The lowest BCUT2D eigenvalue weighted by molar-refractivity contribution is -0.122. The Balaban J connectivity index is 2.43. The summed E-state index contributed by atoms with van der Waals surface area (Å²) >= 11 is 0. The fraction of sp³-hybridized carbons (Fsp3) is 0.588. The summed E-state index contributed by atoms with van der Waals surface area (Å²) in [5.74, 6) is 1.03. The lowest BCUT2D eigenvalue weighted by atomic mass is 10.1. The molecule has 0 bridgehead atoms. The smallest absolute Gasteiger partial charge is 0.234 e. The Hall–Kier alpha value is -1.55. The van der Waals surface area contributed by atoms with E-state index in [-0.39, 0.29) is 11.9 Å². The Morgan fingerprint density at radius 3 is 2.43 bits per heavy atom. The predicted molar refractivity (Wildman–Crippen MR) is 86.8 cm³/mol. The first-order valence-electron chi connectivity index (χ1n) is 7.64. The maximum atomic E-state index is 11.8. The van der Waals surface area contributed by atoms with E-state index in [1.54, 1.807) is 0 Å². The monoisotopic (exact) mass is 292 g/mol. The van der Waals surface area contributed by atoms with Gasteiger partial charge in [0.25, 0.3) is 0 Å². The van der Waals surface area contributed by atoms with E-state index in [0.29, 0.717) is 13.2 Å². The third-order valence-corrected chi connectivity index (χ3v) is 3.33. The van der Waals surface area contributed by atoms with Crippen molar-refractivity contribution in [2.45, 2.75) is 40.7 Å². The number of carbonyl (C=O) groups excluding carboxylic acids is 1. The normalized spacial score (nSPS) is 11.0. The molecule has 1 aromatic rings. The largest absolute Gasteiger partial charge is 0.492 e. The van der Waals surface area contributed by atoms with Gasteiger partial charge in [-0.25, -0.2) is 0 Å². The van der Waals surface area contributed by atoms with Crippen LogP contribution in [-0.4, -0.2) is 43.1 Å². The van der Waals surface area contributed by atoms with Crippen LogP contribution in [-0.2, 0) is 4.79 Å². The van der Waals surface area contributed by atoms with Gasteiger partial charge in [0, 0.05) is 12.6 Å². The average molecular weight is 292 g/mol. The van der Waals surface area contributed by atoms with E-state index in [9.17, 15) is 4.79 Å². The number of aryl methyl sites for hydroxylation is 2. The molecule has 1 amide bonds. The number of para-hydroxylation sites is 1. The number of ether oxygens (including phenoxy) is 1. The van der Waals surface area contributed by atoms with Crippen LogP contribution in [0, 0.1) is 13.8 Å². The van der Waals surface area contributed by atoms with E-state index in [4.69, 9.17) is 4.74 Å². The van der Waals surface area contributed by atoms with Gasteiger partial charge in [-0.15, -0.1) is 0 Å². The topological polar surface area (TPSA) is 41.6 Å². The minimum absolute atomic E-state index is 0.0684. The molecule has 0 heterocycles. The number of likely N-dealkylation sites (N-methyl/N-ethyl adjacent to an activating group) is 1. The average Bonchev–Trinajstić information content (AvgIpc) is 2.39. The zero-order valence-electron chi connectivity index (χ0n) is 13.9. The molecule has 4 heteroatoms. The molecule has 0 aliphatic heterocycles. The van der Waals surface area contributed by atoms with Gasteiger partial charge in [-0.2, -0.15) is 0 Å². The molecule has 1 N–H and O–H groups in total. The summed E-state index contributed by atoms with van der Waals surface area (Å²) in [5, 5.41) is 2.91. The summed E-state index contributed by atoms with van der Waals surface area (Å²) in [7, 11) is 0. The highest BCUT2D eigenvalue weighted by Crippen LogP contribution is 2.22. The van der Waals surface area contributed by atoms with Crippen LogP contribution in [0.3, 0.4) is 0 Å². The molecular formula is C17H28N2O2. The van der Waals surface area contributed by atoms with Crippen molar-refractivity contribution in [1.82, 2.24) is 10.2 Å².